The second kappa shape index (κ2) is 5.65. The van der Waals surface area contributed by atoms with E-state index in [9.17, 15) is 9.59 Å². The average molecular weight is 347 g/mol. The van der Waals surface area contributed by atoms with Gasteiger partial charge in [-0.15, -0.1) is 0 Å². The lowest BCUT2D eigenvalue weighted by Gasteiger charge is -2.18. The summed E-state index contributed by atoms with van der Waals surface area (Å²) in [7, 11) is 0. The molecule has 0 unspecified atom stereocenters. The molecule has 1 aromatic heterocycles. The van der Waals surface area contributed by atoms with Crippen molar-refractivity contribution in [2.75, 3.05) is 11.9 Å². The molecular formula is C15H11BrN2O3. The van der Waals surface area contributed by atoms with Crippen LogP contribution in [-0.2, 0) is 11.2 Å². The number of benzene rings is 1. The highest BCUT2D eigenvalue weighted by Crippen LogP contribution is 2.29. The maximum Gasteiger partial charge on any atom is 0.262 e. The van der Waals surface area contributed by atoms with Crippen LogP contribution in [0.15, 0.2) is 41.0 Å². The molecule has 3 rings (SSSR count). The first-order chi connectivity index (χ1) is 10.1. The third kappa shape index (κ3) is 2.95. The highest BCUT2D eigenvalue weighted by Gasteiger charge is 2.18. The van der Waals surface area contributed by atoms with Crippen molar-refractivity contribution in [3.05, 3.63) is 52.3 Å². The number of hydrogen-bond donors (Lipinski definition) is 1. The molecule has 0 atom stereocenters. The van der Waals surface area contributed by atoms with E-state index < -0.39 is 0 Å². The molecule has 0 spiro atoms. The van der Waals surface area contributed by atoms with Crippen LogP contribution in [0.25, 0.3) is 0 Å². The number of carbonyl (C=O) groups excluding carboxylic acids is 2. The van der Waals surface area contributed by atoms with Crippen molar-refractivity contribution in [1.82, 2.24) is 4.98 Å². The number of amides is 1. The molecule has 0 fully saturated rings. The Morgan fingerprint density at radius 2 is 2.24 bits per heavy atom. The Kier molecular flexibility index (Phi) is 3.70. The predicted octanol–water partition coefficient (Wildman–Crippen LogP) is 2.60. The molecule has 1 aliphatic rings. The molecular weight excluding hydrogens is 336 g/mol. The quantitative estimate of drug-likeness (QED) is 0.867. The van der Waals surface area contributed by atoms with Gasteiger partial charge in [-0.2, -0.15) is 0 Å². The van der Waals surface area contributed by atoms with Crippen molar-refractivity contribution in [3.63, 3.8) is 0 Å². The lowest BCUT2D eigenvalue weighted by atomic mass is 10.0. The van der Waals surface area contributed by atoms with E-state index in [0.717, 1.165) is 4.47 Å². The van der Waals surface area contributed by atoms with E-state index in [2.05, 4.69) is 26.2 Å². The van der Waals surface area contributed by atoms with E-state index in [0.29, 0.717) is 22.7 Å². The van der Waals surface area contributed by atoms with E-state index in [4.69, 9.17) is 4.74 Å². The molecule has 21 heavy (non-hydrogen) atoms. The molecule has 106 valence electrons. The number of nitrogens with one attached hydrogen (secondary N) is 1. The van der Waals surface area contributed by atoms with Gasteiger partial charge < -0.3 is 10.1 Å². The maximum absolute atomic E-state index is 12.3. The van der Waals surface area contributed by atoms with E-state index >= 15 is 0 Å². The molecule has 2 aromatic rings. The van der Waals surface area contributed by atoms with Crippen LogP contribution in [0, 0.1) is 0 Å². The number of fused-ring (bicyclic) bond motifs is 1. The fourth-order valence-electron chi connectivity index (χ4n) is 2.06. The average Bonchev–Trinajstić information content (AvgIpc) is 2.48. The summed E-state index contributed by atoms with van der Waals surface area (Å²) >= 11 is 3.37. The second-order valence-corrected chi connectivity index (χ2v) is 5.43. The lowest BCUT2D eigenvalue weighted by molar-refractivity contribution is -0.118. The smallest absolute Gasteiger partial charge is 0.262 e. The van der Waals surface area contributed by atoms with Gasteiger partial charge in [0, 0.05) is 16.2 Å². The van der Waals surface area contributed by atoms with Crippen LogP contribution in [0.4, 0.5) is 5.69 Å². The van der Waals surface area contributed by atoms with Crippen molar-refractivity contribution in [2.45, 2.75) is 6.42 Å². The summed E-state index contributed by atoms with van der Waals surface area (Å²) in [5, 5.41) is 2.69. The number of anilines is 1. The Morgan fingerprint density at radius 3 is 3.05 bits per heavy atom. The molecule has 2 heterocycles. The lowest BCUT2D eigenvalue weighted by Crippen LogP contribution is -2.25. The summed E-state index contributed by atoms with van der Waals surface area (Å²) in [5.74, 6) is 0.279. The Balaban J connectivity index is 1.84. The third-order valence-corrected chi connectivity index (χ3v) is 3.82. The summed E-state index contributed by atoms with van der Waals surface area (Å²) in [4.78, 5) is 27.8. The Hall–Kier alpha value is -2.21. The van der Waals surface area contributed by atoms with Gasteiger partial charge in [0.1, 0.15) is 5.75 Å². The molecule has 0 aliphatic carbocycles. The summed E-state index contributed by atoms with van der Waals surface area (Å²) in [6.45, 7) is 0.00117. The summed E-state index contributed by atoms with van der Waals surface area (Å²) in [6, 6.07) is 8.65. The molecule has 1 aliphatic heterocycles. The van der Waals surface area contributed by atoms with Gasteiger partial charge >= 0.3 is 0 Å². The number of ketones is 1. The molecule has 0 radical (unpaired) electrons. The van der Waals surface area contributed by atoms with Gasteiger partial charge in [-0.1, -0.05) is 0 Å². The number of nitrogens with zero attached hydrogens (tertiary/aromatic N) is 1. The van der Waals surface area contributed by atoms with Crippen molar-refractivity contribution in [1.29, 1.82) is 0 Å². The van der Waals surface area contributed by atoms with E-state index in [1.807, 2.05) is 6.07 Å². The van der Waals surface area contributed by atoms with Gasteiger partial charge in [0.2, 0.25) is 0 Å². The fourth-order valence-corrected chi connectivity index (χ4v) is 2.45. The molecule has 0 saturated heterocycles. The Bertz CT molecular complexity index is 731. The first-order valence-electron chi connectivity index (χ1n) is 6.33. The summed E-state index contributed by atoms with van der Waals surface area (Å²) in [5.41, 5.74) is 1.72. The van der Waals surface area contributed by atoms with Gasteiger partial charge in [-0.3, -0.25) is 14.6 Å². The van der Waals surface area contributed by atoms with Crippen LogP contribution in [0.5, 0.6) is 5.75 Å². The number of hydrogen-bond acceptors (Lipinski definition) is 4. The summed E-state index contributed by atoms with van der Waals surface area (Å²) in [6.07, 6.45) is 1.84. The third-order valence-electron chi connectivity index (χ3n) is 3.10. The van der Waals surface area contributed by atoms with E-state index in [1.54, 1.807) is 30.5 Å². The number of ether oxygens (including phenoxy) is 1. The standard InChI is InChI=1S/C15H11BrN2O3/c16-10-2-1-5-17-11(10)7-13(19)9-3-4-14-12(6-9)18-15(20)8-21-14/h1-6H,7-8H2,(H,18,20). The molecule has 5 nitrogen and oxygen atoms in total. The minimum atomic E-state index is -0.223. The predicted molar refractivity (Wildman–Crippen MR) is 80.5 cm³/mol. The largest absolute Gasteiger partial charge is 0.482 e. The second-order valence-electron chi connectivity index (χ2n) is 4.58. The summed E-state index contributed by atoms with van der Waals surface area (Å²) < 4.78 is 6.06. The zero-order valence-electron chi connectivity index (χ0n) is 10.9. The van der Waals surface area contributed by atoms with Crippen molar-refractivity contribution < 1.29 is 14.3 Å². The zero-order chi connectivity index (χ0) is 14.8. The normalized spacial score (nSPS) is 13.1. The van der Waals surface area contributed by atoms with Crippen LogP contribution in [0.1, 0.15) is 16.1 Å². The maximum atomic E-state index is 12.3. The molecule has 0 saturated carbocycles. The van der Waals surface area contributed by atoms with Crippen LogP contribution >= 0.6 is 15.9 Å². The SMILES string of the molecule is O=C1COc2ccc(C(=O)Cc3ncccc3Br)cc2N1. The fraction of sp³-hybridized carbons (Fsp3) is 0.133. The van der Waals surface area contributed by atoms with Gasteiger partial charge in [0.25, 0.3) is 5.91 Å². The minimum Gasteiger partial charge on any atom is -0.482 e. The highest BCUT2D eigenvalue weighted by atomic mass is 79.9. The van der Waals surface area contributed by atoms with Crippen molar-refractivity contribution in [3.8, 4) is 5.75 Å². The zero-order valence-corrected chi connectivity index (χ0v) is 12.5. The van der Waals surface area contributed by atoms with Gasteiger partial charge in [0.05, 0.1) is 17.8 Å². The number of rotatable bonds is 3. The van der Waals surface area contributed by atoms with Crippen molar-refractivity contribution >= 4 is 33.3 Å². The number of aromatic nitrogens is 1. The Morgan fingerprint density at radius 1 is 1.38 bits per heavy atom. The van der Waals surface area contributed by atoms with Crippen LogP contribution in [0.2, 0.25) is 0 Å². The first kappa shape index (κ1) is 13.8. The van der Waals surface area contributed by atoms with Crippen LogP contribution < -0.4 is 10.1 Å². The van der Waals surface area contributed by atoms with Gasteiger partial charge in [-0.05, 0) is 46.3 Å². The Labute approximate surface area is 129 Å². The molecule has 1 N–H and O–H groups in total. The highest BCUT2D eigenvalue weighted by molar-refractivity contribution is 9.10. The molecule has 0 bridgehead atoms. The van der Waals surface area contributed by atoms with Gasteiger partial charge in [0.15, 0.2) is 12.4 Å². The van der Waals surface area contributed by atoms with E-state index in [1.165, 1.54) is 0 Å². The topological polar surface area (TPSA) is 68.3 Å². The number of carbonyl (C=O) groups is 2. The van der Waals surface area contributed by atoms with Crippen LogP contribution in [0.3, 0.4) is 0 Å². The van der Waals surface area contributed by atoms with Gasteiger partial charge in [-0.25, -0.2) is 0 Å². The monoisotopic (exact) mass is 346 g/mol. The number of Topliss-reactive ketones (excluding diaryl/α,β-unsaturated/α-hetero) is 1. The van der Waals surface area contributed by atoms with Crippen LogP contribution in [-0.4, -0.2) is 23.3 Å². The minimum absolute atomic E-state index is 0.00117. The van der Waals surface area contributed by atoms with E-state index in [-0.39, 0.29) is 24.7 Å². The molecule has 1 aromatic carbocycles. The molecule has 6 heteroatoms. The number of halogens is 1. The first-order valence-corrected chi connectivity index (χ1v) is 7.12. The molecule has 1 amide bonds. The number of pyridine rings is 1. The van der Waals surface area contributed by atoms with Crippen molar-refractivity contribution in [2.24, 2.45) is 0 Å².